The fourth-order valence-corrected chi connectivity index (χ4v) is 3.77. The number of hydrogen-bond donors (Lipinski definition) is 1. The van der Waals surface area contributed by atoms with Gasteiger partial charge in [0.1, 0.15) is 11.3 Å². The summed E-state index contributed by atoms with van der Waals surface area (Å²) >= 11 is 0. The number of methoxy groups -OCH3 is 1. The van der Waals surface area contributed by atoms with Crippen molar-refractivity contribution in [1.82, 2.24) is 4.90 Å². The topological polar surface area (TPSA) is 71.8 Å². The maximum absolute atomic E-state index is 13.0. The lowest BCUT2D eigenvalue weighted by atomic mass is 10.1. The number of fused-ring (bicyclic) bond motifs is 1. The first kappa shape index (κ1) is 19.1. The van der Waals surface area contributed by atoms with E-state index in [9.17, 15) is 9.59 Å². The number of amides is 2. The minimum atomic E-state index is -0.378. The summed E-state index contributed by atoms with van der Waals surface area (Å²) in [6.45, 7) is 3.35. The Morgan fingerprint density at radius 1 is 1.07 bits per heavy atom. The van der Waals surface area contributed by atoms with Crippen molar-refractivity contribution in [2.24, 2.45) is 0 Å². The maximum Gasteiger partial charge on any atom is 0.291 e. The molecule has 1 N–H and O–H groups in total. The summed E-state index contributed by atoms with van der Waals surface area (Å²) in [4.78, 5) is 27.8. The van der Waals surface area contributed by atoms with Gasteiger partial charge >= 0.3 is 0 Å². The fourth-order valence-electron chi connectivity index (χ4n) is 3.77. The molecule has 1 fully saturated rings. The number of rotatable bonds is 4. The van der Waals surface area contributed by atoms with Crippen molar-refractivity contribution >= 4 is 28.5 Å². The van der Waals surface area contributed by atoms with Crippen LogP contribution in [0, 0.1) is 6.92 Å². The lowest BCUT2D eigenvalue weighted by molar-refractivity contribution is 0.0725. The highest BCUT2D eigenvalue weighted by molar-refractivity contribution is 6.10. The monoisotopic (exact) mass is 392 g/mol. The number of carbonyl (C=O) groups excluding carboxylic acids is 2. The molecule has 0 bridgehead atoms. The quantitative estimate of drug-likeness (QED) is 0.703. The minimum Gasteiger partial charge on any atom is -0.497 e. The smallest absolute Gasteiger partial charge is 0.291 e. The van der Waals surface area contributed by atoms with Crippen LogP contribution in [0.4, 0.5) is 5.69 Å². The van der Waals surface area contributed by atoms with Gasteiger partial charge in [-0.15, -0.1) is 0 Å². The van der Waals surface area contributed by atoms with Gasteiger partial charge in [-0.05, 0) is 56.5 Å². The standard InChI is InChI=1S/C23H24N2O4/c1-15-18-14-16(28-2)10-11-20(18)29-21(15)22(26)24-19-9-5-4-8-17(19)23(27)25-12-6-3-7-13-25/h4-5,8-11,14H,3,6-7,12-13H2,1-2H3,(H,24,26). The summed E-state index contributed by atoms with van der Waals surface area (Å²) in [7, 11) is 1.60. The summed E-state index contributed by atoms with van der Waals surface area (Å²) in [5, 5.41) is 3.69. The molecular formula is C23H24N2O4. The number of benzene rings is 2. The van der Waals surface area contributed by atoms with Gasteiger partial charge < -0.3 is 19.4 Å². The molecule has 2 aromatic carbocycles. The average molecular weight is 392 g/mol. The van der Waals surface area contributed by atoms with Crippen molar-refractivity contribution in [1.29, 1.82) is 0 Å². The van der Waals surface area contributed by atoms with Gasteiger partial charge in [-0.25, -0.2) is 0 Å². The van der Waals surface area contributed by atoms with Gasteiger partial charge in [-0.1, -0.05) is 12.1 Å². The van der Waals surface area contributed by atoms with Gasteiger partial charge in [0.25, 0.3) is 11.8 Å². The van der Waals surface area contributed by atoms with Gasteiger partial charge in [0.2, 0.25) is 0 Å². The fraction of sp³-hybridized carbons (Fsp3) is 0.304. The Labute approximate surface area is 169 Å². The molecule has 1 aliphatic heterocycles. The first-order valence-corrected chi connectivity index (χ1v) is 9.85. The van der Waals surface area contributed by atoms with Crippen molar-refractivity contribution in [2.75, 3.05) is 25.5 Å². The number of nitrogens with one attached hydrogen (secondary N) is 1. The molecule has 6 nitrogen and oxygen atoms in total. The third-order valence-corrected chi connectivity index (χ3v) is 5.40. The largest absolute Gasteiger partial charge is 0.497 e. The van der Waals surface area contributed by atoms with E-state index < -0.39 is 0 Å². The van der Waals surface area contributed by atoms with E-state index in [0.717, 1.165) is 43.3 Å². The number of para-hydroxylation sites is 1. The van der Waals surface area contributed by atoms with Crippen LogP contribution < -0.4 is 10.1 Å². The summed E-state index contributed by atoms with van der Waals surface area (Å²) < 4.78 is 11.0. The number of aryl methyl sites for hydroxylation is 1. The van der Waals surface area contributed by atoms with Gasteiger partial charge in [0.05, 0.1) is 18.4 Å². The second kappa shape index (κ2) is 7.99. The molecular weight excluding hydrogens is 368 g/mol. The van der Waals surface area contributed by atoms with Crippen LogP contribution in [0.1, 0.15) is 45.7 Å². The summed E-state index contributed by atoms with van der Waals surface area (Å²) in [5.41, 5.74) is 2.34. The molecule has 29 heavy (non-hydrogen) atoms. The number of piperidine rings is 1. The number of furan rings is 1. The molecule has 6 heteroatoms. The number of hydrogen-bond acceptors (Lipinski definition) is 4. The number of nitrogens with zero attached hydrogens (tertiary/aromatic N) is 1. The highest BCUT2D eigenvalue weighted by Gasteiger charge is 2.23. The highest BCUT2D eigenvalue weighted by Crippen LogP contribution is 2.30. The van der Waals surface area contributed by atoms with E-state index in [1.54, 1.807) is 37.4 Å². The minimum absolute atomic E-state index is 0.0494. The molecule has 1 aromatic heterocycles. The van der Waals surface area contributed by atoms with Crippen molar-refractivity contribution in [3.05, 3.63) is 59.4 Å². The number of anilines is 1. The van der Waals surface area contributed by atoms with E-state index in [0.29, 0.717) is 22.6 Å². The van der Waals surface area contributed by atoms with Crippen molar-refractivity contribution in [3.8, 4) is 5.75 Å². The van der Waals surface area contributed by atoms with Gasteiger partial charge in [-0.3, -0.25) is 9.59 Å². The van der Waals surface area contributed by atoms with Crippen molar-refractivity contribution in [2.45, 2.75) is 26.2 Å². The Bertz CT molecular complexity index is 1060. The molecule has 1 aliphatic rings. The lowest BCUT2D eigenvalue weighted by Crippen LogP contribution is -2.36. The van der Waals surface area contributed by atoms with Gasteiger partial charge in [0.15, 0.2) is 5.76 Å². The highest BCUT2D eigenvalue weighted by atomic mass is 16.5. The van der Waals surface area contributed by atoms with Crippen LogP contribution in [0.5, 0.6) is 5.75 Å². The predicted molar refractivity (Wildman–Crippen MR) is 112 cm³/mol. The van der Waals surface area contributed by atoms with Crippen LogP contribution in [-0.4, -0.2) is 36.9 Å². The Balaban J connectivity index is 1.61. The van der Waals surface area contributed by atoms with Crippen LogP contribution >= 0.6 is 0 Å². The second-order valence-corrected chi connectivity index (χ2v) is 7.27. The van der Waals surface area contributed by atoms with Crippen LogP contribution in [-0.2, 0) is 0 Å². The predicted octanol–water partition coefficient (Wildman–Crippen LogP) is 4.63. The Hall–Kier alpha value is -3.28. The van der Waals surface area contributed by atoms with Crippen LogP contribution in [0.15, 0.2) is 46.9 Å². The number of carbonyl (C=O) groups is 2. The average Bonchev–Trinajstić information content (AvgIpc) is 3.10. The van der Waals surface area contributed by atoms with Crippen LogP contribution in [0.3, 0.4) is 0 Å². The van der Waals surface area contributed by atoms with E-state index in [1.807, 2.05) is 24.0 Å². The van der Waals surface area contributed by atoms with Crippen molar-refractivity contribution < 1.29 is 18.7 Å². The summed E-state index contributed by atoms with van der Waals surface area (Å²) in [6, 6.07) is 12.5. The Morgan fingerprint density at radius 3 is 2.59 bits per heavy atom. The van der Waals surface area contributed by atoms with E-state index in [4.69, 9.17) is 9.15 Å². The molecule has 0 spiro atoms. The Kier molecular flexibility index (Phi) is 5.25. The molecule has 0 saturated carbocycles. The van der Waals surface area contributed by atoms with E-state index in [-0.39, 0.29) is 17.6 Å². The molecule has 0 aliphatic carbocycles. The molecule has 150 valence electrons. The van der Waals surface area contributed by atoms with E-state index in [2.05, 4.69) is 5.32 Å². The van der Waals surface area contributed by atoms with E-state index >= 15 is 0 Å². The first-order chi connectivity index (χ1) is 14.1. The van der Waals surface area contributed by atoms with Crippen LogP contribution in [0.25, 0.3) is 11.0 Å². The molecule has 1 saturated heterocycles. The lowest BCUT2D eigenvalue weighted by Gasteiger charge is -2.27. The second-order valence-electron chi connectivity index (χ2n) is 7.27. The Morgan fingerprint density at radius 2 is 1.83 bits per heavy atom. The first-order valence-electron chi connectivity index (χ1n) is 9.85. The molecule has 3 aromatic rings. The zero-order valence-corrected chi connectivity index (χ0v) is 16.7. The van der Waals surface area contributed by atoms with Gasteiger partial charge in [0, 0.05) is 24.0 Å². The summed E-state index contributed by atoms with van der Waals surface area (Å²) in [5.74, 6) is 0.502. The zero-order chi connectivity index (χ0) is 20.4. The number of likely N-dealkylation sites (tertiary alicyclic amines) is 1. The molecule has 2 amide bonds. The number of ether oxygens (including phenoxy) is 1. The third-order valence-electron chi connectivity index (χ3n) is 5.40. The molecule has 2 heterocycles. The summed E-state index contributed by atoms with van der Waals surface area (Å²) in [6.07, 6.45) is 3.18. The normalized spacial score (nSPS) is 14.1. The molecule has 0 unspecified atom stereocenters. The van der Waals surface area contributed by atoms with Gasteiger partial charge in [-0.2, -0.15) is 0 Å². The maximum atomic E-state index is 13.0. The third kappa shape index (κ3) is 3.70. The molecule has 0 atom stereocenters. The SMILES string of the molecule is COc1ccc2oc(C(=O)Nc3ccccc3C(=O)N3CCCCC3)c(C)c2c1. The van der Waals surface area contributed by atoms with Crippen molar-refractivity contribution in [3.63, 3.8) is 0 Å². The molecule has 4 rings (SSSR count). The molecule has 0 radical (unpaired) electrons. The zero-order valence-electron chi connectivity index (χ0n) is 16.7. The van der Waals surface area contributed by atoms with E-state index in [1.165, 1.54) is 0 Å². The van der Waals surface area contributed by atoms with Crippen LogP contribution in [0.2, 0.25) is 0 Å².